The first-order valence-electron chi connectivity index (χ1n) is 8.19. The molecule has 0 spiro atoms. The number of hydrogen-bond acceptors (Lipinski definition) is 6. The first-order chi connectivity index (χ1) is 12.7. The van der Waals surface area contributed by atoms with Gasteiger partial charge in [-0.25, -0.2) is 4.21 Å². The number of pyridine rings is 1. The minimum Gasteiger partial charge on any atom is -0.320 e. The molecule has 27 heavy (non-hydrogen) atoms. The van der Waals surface area contributed by atoms with E-state index in [0.29, 0.717) is 17.0 Å². The summed E-state index contributed by atoms with van der Waals surface area (Å²) >= 11 is 6.96. The van der Waals surface area contributed by atoms with Crippen LogP contribution in [0.3, 0.4) is 0 Å². The maximum atomic E-state index is 13.4. The highest BCUT2D eigenvalue weighted by atomic mass is 35.5. The zero-order chi connectivity index (χ0) is 20.0. The van der Waals surface area contributed by atoms with Crippen LogP contribution in [0.25, 0.3) is 0 Å². The Kier molecular flexibility index (Phi) is 7.49. The van der Waals surface area contributed by atoms with E-state index in [1.54, 1.807) is 23.7 Å². The van der Waals surface area contributed by atoms with E-state index >= 15 is 0 Å². The summed E-state index contributed by atoms with van der Waals surface area (Å²) < 4.78 is 19.7. The number of aromatic nitrogens is 1. The lowest BCUT2D eigenvalue weighted by Crippen LogP contribution is -2.35. The van der Waals surface area contributed by atoms with E-state index in [0.717, 1.165) is 11.3 Å². The molecule has 2 heterocycles. The van der Waals surface area contributed by atoms with Gasteiger partial charge in [-0.15, -0.1) is 15.7 Å². The predicted molar refractivity (Wildman–Crippen MR) is 107 cm³/mol. The van der Waals surface area contributed by atoms with Gasteiger partial charge in [0.2, 0.25) is 5.91 Å². The van der Waals surface area contributed by atoms with Crippen LogP contribution >= 0.6 is 22.9 Å². The topological polar surface area (TPSA) is 115 Å². The van der Waals surface area contributed by atoms with Gasteiger partial charge >= 0.3 is 0 Å². The fourth-order valence-electron chi connectivity index (χ4n) is 2.24. The van der Waals surface area contributed by atoms with Crippen molar-refractivity contribution in [2.24, 2.45) is 16.0 Å². The van der Waals surface area contributed by atoms with Crippen molar-refractivity contribution in [2.45, 2.75) is 36.9 Å². The monoisotopic (exact) mass is 428 g/mol. The van der Waals surface area contributed by atoms with Gasteiger partial charge in [-0.2, -0.15) is 0 Å². The molecule has 3 N–H and O–H groups in total. The van der Waals surface area contributed by atoms with Crippen molar-refractivity contribution < 1.29 is 13.8 Å². The minimum atomic E-state index is -3.54. The van der Waals surface area contributed by atoms with Gasteiger partial charge in [0.1, 0.15) is 4.21 Å². The average Bonchev–Trinajstić information content (AvgIpc) is 3.02. The Morgan fingerprint density at radius 2 is 2.19 bits per heavy atom. The zero-order valence-corrected chi connectivity index (χ0v) is 17.3. The van der Waals surface area contributed by atoms with Gasteiger partial charge in [0.25, 0.3) is 5.91 Å². The quantitative estimate of drug-likeness (QED) is 0.703. The molecule has 2 aromatic heterocycles. The van der Waals surface area contributed by atoms with Crippen molar-refractivity contribution in [2.75, 3.05) is 0 Å². The number of carbonyl (C=O) groups is 2. The van der Waals surface area contributed by atoms with Crippen molar-refractivity contribution in [1.29, 1.82) is 0 Å². The molecule has 2 rings (SSSR count). The van der Waals surface area contributed by atoms with Gasteiger partial charge in [-0.1, -0.05) is 31.5 Å². The Morgan fingerprint density at radius 1 is 1.44 bits per heavy atom. The SMILES string of the molecule is CC(C)C[C@H](N)C(=O)N=S(=O)(NC(=O)Cc1cccnc1)c1cc(Cl)cs1. The van der Waals surface area contributed by atoms with Crippen LogP contribution < -0.4 is 10.5 Å². The first-order valence-corrected chi connectivity index (χ1v) is 11.0. The average molecular weight is 429 g/mol. The van der Waals surface area contributed by atoms with Crippen LogP contribution in [-0.2, 0) is 25.9 Å². The molecule has 0 aliphatic heterocycles. The van der Waals surface area contributed by atoms with Gasteiger partial charge in [-0.05, 0) is 30.0 Å². The number of nitrogens with zero attached hydrogens (tertiary/aromatic N) is 2. The second-order valence-electron chi connectivity index (χ2n) is 6.34. The molecule has 0 aliphatic carbocycles. The highest BCUT2D eigenvalue weighted by Gasteiger charge is 2.23. The van der Waals surface area contributed by atoms with Crippen LogP contribution in [0, 0.1) is 5.92 Å². The van der Waals surface area contributed by atoms with E-state index in [-0.39, 0.29) is 16.5 Å². The van der Waals surface area contributed by atoms with E-state index < -0.39 is 27.8 Å². The highest BCUT2D eigenvalue weighted by molar-refractivity contribution is 7.94. The summed E-state index contributed by atoms with van der Waals surface area (Å²) in [6, 6.07) is 3.94. The molecular formula is C17H21ClN4O3S2. The summed E-state index contributed by atoms with van der Waals surface area (Å²) in [6.45, 7) is 3.83. The molecular weight excluding hydrogens is 408 g/mol. The molecule has 0 fully saturated rings. The maximum absolute atomic E-state index is 13.4. The Labute approximate surface area is 167 Å². The smallest absolute Gasteiger partial charge is 0.272 e. The minimum absolute atomic E-state index is 0.0499. The highest BCUT2D eigenvalue weighted by Crippen LogP contribution is 2.25. The molecule has 0 aromatic carbocycles. The van der Waals surface area contributed by atoms with E-state index in [1.165, 1.54) is 12.3 Å². The lowest BCUT2D eigenvalue weighted by atomic mass is 10.0. The van der Waals surface area contributed by atoms with Gasteiger partial charge in [0, 0.05) is 17.8 Å². The fourth-order valence-corrected chi connectivity index (χ4v) is 5.30. The largest absolute Gasteiger partial charge is 0.320 e. The third-order valence-electron chi connectivity index (χ3n) is 3.42. The normalized spacial score (nSPS) is 14.4. The number of rotatable bonds is 7. The molecule has 2 amide bonds. The summed E-state index contributed by atoms with van der Waals surface area (Å²) in [5, 5.41) is 1.90. The molecule has 0 saturated heterocycles. The van der Waals surface area contributed by atoms with E-state index in [2.05, 4.69) is 14.1 Å². The van der Waals surface area contributed by atoms with Gasteiger partial charge in [-0.3, -0.25) is 19.3 Å². The number of amides is 2. The second kappa shape index (κ2) is 9.41. The van der Waals surface area contributed by atoms with E-state index in [4.69, 9.17) is 17.3 Å². The summed E-state index contributed by atoms with van der Waals surface area (Å²) in [5.74, 6) is -1.10. The first kappa shape index (κ1) is 21.5. The molecule has 2 atom stereocenters. The molecule has 1 unspecified atom stereocenters. The lowest BCUT2D eigenvalue weighted by Gasteiger charge is -2.13. The molecule has 7 nitrogen and oxygen atoms in total. The van der Waals surface area contributed by atoms with Crippen molar-refractivity contribution in [3.05, 3.63) is 46.6 Å². The van der Waals surface area contributed by atoms with Crippen LogP contribution in [0.2, 0.25) is 5.02 Å². The van der Waals surface area contributed by atoms with Crippen LogP contribution in [-0.4, -0.2) is 27.0 Å². The maximum Gasteiger partial charge on any atom is 0.272 e. The zero-order valence-electron chi connectivity index (χ0n) is 14.9. The number of carbonyl (C=O) groups excluding carboxylic acids is 2. The molecule has 10 heteroatoms. The standard InChI is InChI=1S/C17H21ClN4O3S2/c1-11(2)6-14(19)17(24)22-27(25,16-8-13(18)10-26-16)21-15(23)7-12-4-3-5-20-9-12/h3-5,8-11,14H,6-7,19H2,1-2H3,(H,21,22,23,24,25)/t14-,27?/m0/s1. The van der Waals surface area contributed by atoms with Crippen LogP contribution in [0.4, 0.5) is 0 Å². The summed E-state index contributed by atoms with van der Waals surface area (Å²) in [6.07, 6.45) is 3.46. The number of nitrogens with two attached hydrogens (primary N) is 1. The molecule has 0 radical (unpaired) electrons. The fraction of sp³-hybridized carbons (Fsp3) is 0.353. The summed E-state index contributed by atoms with van der Waals surface area (Å²) in [5.41, 5.74) is 6.49. The van der Waals surface area contributed by atoms with E-state index in [9.17, 15) is 13.8 Å². The molecule has 0 bridgehead atoms. The summed E-state index contributed by atoms with van der Waals surface area (Å²) in [7, 11) is -3.54. The lowest BCUT2D eigenvalue weighted by molar-refractivity contribution is -0.119. The van der Waals surface area contributed by atoms with Gasteiger partial charge in [0.15, 0.2) is 9.92 Å². The molecule has 0 aliphatic rings. The number of nitrogens with one attached hydrogen (secondary N) is 1. The Bertz CT molecular complexity index is 921. The molecule has 146 valence electrons. The number of thiophene rings is 1. The van der Waals surface area contributed by atoms with E-state index in [1.807, 2.05) is 13.8 Å². The van der Waals surface area contributed by atoms with Gasteiger partial charge in [0.05, 0.1) is 17.5 Å². The van der Waals surface area contributed by atoms with Crippen molar-refractivity contribution in [3.63, 3.8) is 0 Å². The van der Waals surface area contributed by atoms with Gasteiger partial charge < -0.3 is 5.73 Å². The van der Waals surface area contributed by atoms with Crippen LogP contribution in [0.5, 0.6) is 0 Å². The third kappa shape index (κ3) is 6.39. The predicted octanol–water partition coefficient (Wildman–Crippen LogP) is 2.80. The number of halogens is 1. The van der Waals surface area contributed by atoms with Crippen LogP contribution in [0.1, 0.15) is 25.8 Å². The third-order valence-corrected chi connectivity index (χ3v) is 7.06. The Hall–Kier alpha value is -1.81. The molecule has 0 saturated carbocycles. The van der Waals surface area contributed by atoms with Crippen molar-refractivity contribution in [3.8, 4) is 0 Å². The summed E-state index contributed by atoms with van der Waals surface area (Å²) in [4.78, 5) is 28.7. The van der Waals surface area contributed by atoms with Crippen molar-refractivity contribution in [1.82, 2.24) is 9.71 Å². The van der Waals surface area contributed by atoms with Crippen LogP contribution in [0.15, 0.2) is 44.5 Å². The Morgan fingerprint density at radius 3 is 2.74 bits per heavy atom. The molecule has 2 aromatic rings. The van der Waals surface area contributed by atoms with Crippen molar-refractivity contribution >= 4 is 44.7 Å². The number of hydrogen-bond donors (Lipinski definition) is 2. The Balaban J connectivity index is 2.30. The second-order valence-corrected chi connectivity index (χ2v) is 9.82.